The molecule has 7 heteroatoms. The van der Waals surface area contributed by atoms with Crippen LogP contribution in [0, 0.1) is 5.92 Å². The average molecular weight is 317 g/mol. The van der Waals surface area contributed by atoms with E-state index in [0.717, 1.165) is 6.42 Å². The van der Waals surface area contributed by atoms with Gasteiger partial charge in [0.15, 0.2) is 0 Å². The Bertz CT molecular complexity index is 540. The molecule has 4 N–H and O–H groups in total. The van der Waals surface area contributed by atoms with Crippen molar-refractivity contribution in [3.8, 4) is 0 Å². The van der Waals surface area contributed by atoms with Crippen molar-refractivity contribution in [2.45, 2.75) is 25.3 Å². The first-order valence-corrected chi connectivity index (χ1v) is 6.94. The summed E-state index contributed by atoms with van der Waals surface area (Å²) in [6, 6.07) is 2.47. The van der Waals surface area contributed by atoms with Gasteiger partial charge in [0.1, 0.15) is 0 Å². The minimum absolute atomic E-state index is 0.198. The zero-order valence-corrected chi connectivity index (χ0v) is 12.0. The second-order valence-corrected chi connectivity index (χ2v) is 5.62. The van der Waals surface area contributed by atoms with E-state index in [1.54, 1.807) is 0 Å². The van der Waals surface area contributed by atoms with Crippen molar-refractivity contribution in [3.63, 3.8) is 0 Å². The molecule has 1 amide bonds. The van der Waals surface area contributed by atoms with Gasteiger partial charge < -0.3 is 16.2 Å². The number of aliphatic carboxylic acids is 1. The number of carbonyl (C=O) groups excluding carboxylic acids is 1. The van der Waals surface area contributed by atoms with Gasteiger partial charge in [-0.25, -0.2) is 0 Å². The molecule has 1 saturated carbocycles. The van der Waals surface area contributed by atoms with E-state index >= 15 is 0 Å². The summed E-state index contributed by atoms with van der Waals surface area (Å²) < 4.78 is 0. The average Bonchev–Trinajstić information content (AvgIpc) is 2.83. The minimum atomic E-state index is -0.888. The van der Waals surface area contributed by atoms with Gasteiger partial charge in [0, 0.05) is 11.6 Å². The van der Waals surface area contributed by atoms with Gasteiger partial charge in [0.25, 0.3) is 5.91 Å². The van der Waals surface area contributed by atoms with E-state index in [-0.39, 0.29) is 27.3 Å². The fourth-order valence-electron chi connectivity index (χ4n) is 2.40. The number of amides is 1. The van der Waals surface area contributed by atoms with Crippen LogP contribution in [0.2, 0.25) is 10.0 Å². The normalized spacial score (nSPS) is 21.7. The monoisotopic (exact) mass is 316 g/mol. The molecular formula is C13H14Cl2N2O3. The largest absolute Gasteiger partial charge is 0.481 e. The van der Waals surface area contributed by atoms with E-state index in [2.05, 4.69) is 5.32 Å². The lowest BCUT2D eigenvalue weighted by molar-refractivity contribution is -0.142. The van der Waals surface area contributed by atoms with Crippen LogP contribution in [-0.2, 0) is 4.79 Å². The van der Waals surface area contributed by atoms with Crippen LogP contribution in [0.25, 0.3) is 0 Å². The molecule has 1 fully saturated rings. The van der Waals surface area contributed by atoms with E-state index in [4.69, 9.17) is 34.0 Å². The van der Waals surface area contributed by atoms with Crippen molar-refractivity contribution in [2.24, 2.45) is 5.92 Å². The smallest absolute Gasteiger partial charge is 0.308 e. The number of anilines is 1. The van der Waals surface area contributed by atoms with E-state index in [0.29, 0.717) is 12.8 Å². The molecule has 1 aliphatic rings. The molecule has 108 valence electrons. The van der Waals surface area contributed by atoms with E-state index in [9.17, 15) is 9.59 Å². The SMILES string of the molecule is Nc1c(Cl)cc(C(=O)NC2CCCC2C(=O)O)cc1Cl. The fraction of sp³-hybridized carbons (Fsp3) is 0.385. The number of hydrogen-bond donors (Lipinski definition) is 3. The first-order chi connectivity index (χ1) is 9.40. The molecule has 0 radical (unpaired) electrons. The van der Waals surface area contributed by atoms with E-state index in [1.165, 1.54) is 12.1 Å². The van der Waals surface area contributed by atoms with Gasteiger partial charge in [0.2, 0.25) is 0 Å². The molecule has 0 saturated heterocycles. The van der Waals surface area contributed by atoms with Crippen LogP contribution in [0.5, 0.6) is 0 Å². The number of carboxylic acids is 1. The summed E-state index contributed by atoms with van der Waals surface area (Å²) in [5.41, 5.74) is 6.09. The summed E-state index contributed by atoms with van der Waals surface area (Å²) in [7, 11) is 0. The molecule has 1 aromatic rings. The number of carboxylic acid groups (broad SMARTS) is 1. The zero-order valence-electron chi connectivity index (χ0n) is 10.5. The van der Waals surface area contributed by atoms with Gasteiger partial charge in [-0.2, -0.15) is 0 Å². The van der Waals surface area contributed by atoms with Crippen molar-refractivity contribution in [2.75, 3.05) is 5.73 Å². The summed E-state index contributed by atoms with van der Waals surface area (Å²) in [6.45, 7) is 0. The molecule has 1 aliphatic carbocycles. The quantitative estimate of drug-likeness (QED) is 0.747. The maximum absolute atomic E-state index is 12.1. The molecular weight excluding hydrogens is 303 g/mol. The standard InChI is InChI=1S/C13H14Cl2N2O3/c14-8-4-6(5-9(15)11(8)16)12(18)17-10-3-1-2-7(10)13(19)20/h4-5,7,10H,1-3,16H2,(H,17,18)(H,19,20). The maximum atomic E-state index is 12.1. The van der Waals surface area contributed by atoms with Gasteiger partial charge in [-0.05, 0) is 25.0 Å². The molecule has 0 spiro atoms. The highest BCUT2D eigenvalue weighted by atomic mass is 35.5. The Morgan fingerprint density at radius 1 is 1.25 bits per heavy atom. The fourth-order valence-corrected chi connectivity index (χ4v) is 2.88. The lowest BCUT2D eigenvalue weighted by Crippen LogP contribution is -2.40. The van der Waals surface area contributed by atoms with Crippen molar-refractivity contribution in [1.29, 1.82) is 0 Å². The van der Waals surface area contributed by atoms with Crippen molar-refractivity contribution >= 4 is 40.8 Å². The van der Waals surface area contributed by atoms with Gasteiger partial charge in [0.05, 0.1) is 21.7 Å². The Labute approximate surface area is 126 Å². The number of nitrogens with two attached hydrogens (primary N) is 1. The van der Waals surface area contributed by atoms with Crippen LogP contribution in [0.1, 0.15) is 29.6 Å². The number of rotatable bonds is 3. The number of benzene rings is 1. The molecule has 1 aromatic carbocycles. The molecule has 0 bridgehead atoms. The Morgan fingerprint density at radius 3 is 2.40 bits per heavy atom. The van der Waals surface area contributed by atoms with Crippen LogP contribution >= 0.6 is 23.2 Å². The highest BCUT2D eigenvalue weighted by Crippen LogP contribution is 2.30. The van der Waals surface area contributed by atoms with Crippen LogP contribution in [0.3, 0.4) is 0 Å². The van der Waals surface area contributed by atoms with Crippen LogP contribution in [0.4, 0.5) is 5.69 Å². The Hall–Kier alpha value is -1.46. The molecule has 0 heterocycles. The summed E-state index contributed by atoms with van der Waals surface area (Å²) >= 11 is 11.8. The number of nitrogen functional groups attached to an aromatic ring is 1. The maximum Gasteiger partial charge on any atom is 0.308 e. The summed E-state index contributed by atoms with van der Waals surface area (Å²) in [6.07, 6.45) is 2.01. The van der Waals surface area contributed by atoms with Gasteiger partial charge in [-0.1, -0.05) is 29.6 Å². The topological polar surface area (TPSA) is 92.4 Å². The third-order valence-corrected chi connectivity index (χ3v) is 4.12. The Morgan fingerprint density at radius 2 is 1.85 bits per heavy atom. The molecule has 2 rings (SSSR count). The number of nitrogens with one attached hydrogen (secondary N) is 1. The highest BCUT2D eigenvalue weighted by Gasteiger charge is 2.34. The third-order valence-electron chi connectivity index (χ3n) is 3.49. The summed E-state index contributed by atoms with van der Waals surface area (Å²) in [5.74, 6) is -1.83. The van der Waals surface area contributed by atoms with Crippen LogP contribution in [0.15, 0.2) is 12.1 Å². The lowest BCUT2D eigenvalue weighted by atomic mass is 10.0. The predicted molar refractivity (Wildman–Crippen MR) is 77.1 cm³/mol. The third kappa shape index (κ3) is 2.99. The van der Waals surface area contributed by atoms with Gasteiger partial charge >= 0.3 is 5.97 Å². The predicted octanol–water partition coefficient (Wildman–Crippen LogP) is 2.56. The number of hydrogen-bond acceptors (Lipinski definition) is 3. The molecule has 2 unspecified atom stereocenters. The minimum Gasteiger partial charge on any atom is -0.481 e. The first-order valence-electron chi connectivity index (χ1n) is 6.18. The number of carbonyl (C=O) groups is 2. The summed E-state index contributed by atoms with van der Waals surface area (Å²) in [5, 5.41) is 12.2. The van der Waals surface area contributed by atoms with Crippen molar-refractivity contribution < 1.29 is 14.7 Å². The van der Waals surface area contributed by atoms with Crippen molar-refractivity contribution in [1.82, 2.24) is 5.32 Å². The van der Waals surface area contributed by atoms with E-state index < -0.39 is 17.8 Å². The van der Waals surface area contributed by atoms with Crippen LogP contribution < -0.4 is 11.1 Å². The Kier molecular flexibility index (Phi) is 4.40. The second kappa shape index (κ2) is 5.89. The molecule has 2 atom stereocenters. The molecule has 0 aliphatic heterocycles. The van der Waals surface area contributed by atoms with Crippen molar-refractivity contribution in [3.05, 3.63) is 27.7 Å². The summed E-state index contributed by atoms with van der Waals surface area (Å²) in [4.78, 5) is 23.2. The molecule has 20 heavy (non-hydrogen) atoms. The van der Waals surface area contributed by atoms with E-state index in [1.807, 2.05) is 0 Å². The van der Waals surface area contributed by atoms with Gasteiger partial charge in [-0.15, -0.1) is 0 Å². The zero-order chi connectivity index (χ0) is 14.9. The first kappa shape index (κ1) is 14.9. The van der Waals surface area contributed by atoms with Crippen LogP contribution in [-0.4, -0.2) is 23.0 Å². The Balaban J connectivity index is 2.14. The lowest BCUT2D eigenvalue weighted by Gasteiger charge is -2.18. The highest BCUT2D eigenvalue weighted by molar-refractivity contribution is 6.39. The van der Waals surface area contributed by atoms with Gasteiger partial charge in [-0.3, -0.25) is 9.59 Å². The second-order valence-electron chi connectivity index (χ2n) is 4.81. The number of halogens is 2. The molecule has 5 nitrogen and oxygen atoms in total. The molecule has 0 aromatic heterocycles.